The highest BCUT2D eigenvalue weighted by Crippen LogP contribution is 2.34. The minimum absolute atomic E-state index is 0.310. The molecule has 2 aromatic heterocycles. The van der Waals surface area contributed by atoms with Crippen LogP contribution in [0.3, 0.4) is 0 Å². The molecule has 5 nitrogen and oxygen atoms in total. The van der Waals surface area contributed by atoms with Crippen LogP contribution in [-0.4, -0.2) is 26.7 Å². The lowest BCUT2D eigenvalue weighted by Gasteiger charge is -2.15. The molecule has 0 fully saturated rings. The van der Waals surface area contributed by atoms with Gasteiger partial charge in [0.15, 0.2) is 5.16 Å². The van der Waals surface area contributed by atoms with Gasteiger partial charge >= 0.3 is 0 Å². The number of rotatable bonds is 3. The van der Waals surface area contributed by atoms with Gasteiger partial charge in [0.25, 0.3) is 0 Å². The van der Waals surface area contributed by atoms with Crippen LogP contribution in [-0.2, 0) is 11.3 Å². The number of nitrogens with zero attached hydrogens (tertiary/aromatic N) is 4. The van der Waals surface area contributed by atoms with Gasteiger partial charge in [-0.3, -0.25) is 4.79 Å². The van der Waals surface area contributed by atoms with Gasteiger partial charge in [0.2, 0.25) is 5.91 Å². The van der Waals surface area contributed by atoms with Crippen molar-refractivity contribution in [1.29, 1.82) is 0 Å². The van der Waals surface area contributed by atoms with E-state index in [1.165, 1.54) is 18.7 Å². The predicted molar refractivity (Wildman–Crippen MR) is 107 cm³/mol. The molecular formula is C18H16Cl2N4OS. The van der Waals surface area contributed by atoms with Gasteiger partial charge in [-0.25, -0.2) is 9.97 Å². The molecule has 1 amide bonds. The zero-order chi connectivity index (χ0) is 18.8. The fourth-order valence-electron chi connectivity index (χ4n) is 2.76. The van der Waals surface area contributed by atoms with E-state index in [2.05, 4.69) is 15.0 Å². The highest BCUT2D eigenvalue weighted by Gasteiger charge is 2.16. The molecule has 0 aliphatic carbocycles. The zero-order valence-electron chi connectivity index (χ0n) is 14.5. The van der Waals surface area contributed by atoms with Gasteiger partial charge in [-0.2, -0.15) is 4.99 Å². The Kier molecular flexibility index (Phi) is 5.65. The summed E-state index contributed by atoms with van der Waals surface area (Å²) >= 11 is 14.3. The first-order valence-corrected chi connectivity index (χ1v) is 9.88. The van der Waals surface area contributed by atoms with Crippen LogP contribution >= 0.6 is 35.0 Å². The standard InChI is InChI=1S/C18H16Cl2N4OS/c1-4-24-16-11(9-21-18(23-16)26-3)8-12(17(24)22-10(2)25)15-13(19)6-5-7-14(15)20/h5-9H,4H2,1-3H3. The summed E-state index contributed by atoms with van der Waals surface area (Å²) in [5.41, 5.74) is 2.49. The Balaban J connectivity index is 2.52. The molecule has 26 heavy (non-hydrogen) atoms. The largest absolute Gasteiger partial charge is 0.310 e. The van der Waals surface area contributed by atoms with E-state index in [0.717, 1.165) is 5.39 Å². The number of carbonyl (C=O) groups excluding carboxylic acids is 1. The van der Waals surface area contributed by atoms with Crippen LogP contribution in [0.1, 0.15) is 13.8 Å². The molecule has 0 bridgehead atoms. The lowest BCUT2D eigenvalue weighted by atomic mass is 10.1. The maximum absolute atomic E-state index is 11.8. The van der Waals surface area contributed by atoms with Crippen molar-refractivity contribution >= 4 is 51.9 Å². The van der Waals surface area contributed by atoms with Crippen LogP contribution < -0.4 is 5.49 Å². The maximum Gasteiger partial charge on any atom is 0.244 e. The Labute approximate surface area is 165 Å². The second-order valence-corrected chi connectivity index (χ2v) is 7.08. The normalized spacial score (nSPS) is 12.0. The number of pyridine rings is 1. The Morgan fingerprint density at radius 2 is 2.00 bits per heavy atom. The molecular weight excluding hydrogens is 391 g/mol. The van der Waals surface area contributed by atoms with Crippen LogP contribution in [0.5, 0.6) is 0 Å². The summed E-state index contributed by atoms with van der Waals surface area (Å²) in [6.45, 7) is 3.95. The number of carbonyl (C=O) groups is 1. The van der Waals surface area contributed by atoms with Crippen molar-refractivity contribution in [3.05, 3.63) is 46.0 Å². The third kappa shape index (κ3) is 3.49. The molecule has 0 saturated carbocycles. The molecule has 0 aliphatic rings. The molecule has 0 radical (unpaired) electrons. The Bertz CT molecular complexity index is 1060. The van der Waals surface area contributed by atoms with Crippen molar-refractivity contribution in [2.45, 2.75) is 25.5 Å². The van der Waals surface area contributed by atoms with E-state index in [4.69, 9.17) is 23.2 Å². The van der Waals surface area contributed by atoms with Gasteiger partial charge in [-0.15, -0.1) is 0 Å². The molecule has 0 saturated heterocycles. The molecule has 0 N–H and O–H groups in total. The molecule has 0 aliphatic heterocycles. The summed E-state index contributed by atoms with van der Waals surface area (Å²) in [4.78, 5) is 25.0. The van der Waals surface area contributed by atoms with Crippen molar-refractivity contribution in [1.82, 2.24) is 14.5 Å². The molecule has 0 unspecified atom stereocenters. The number of fused-ring (bicyclic) bond motifs is 1. The highest BCUT2D eigenvalue weighted by atomic mass is 35.5. The van der Waals surface area contributed by atoms with E-state index in [1.807, 2.05) is 23.8 Å². The third-order valence-corrected chi connectivity index (χ3v) is 5.01. The van der Waals surface area contributed by atoms with Crippen LogP contribution in [0.25, 0.3) is 22.2 Å². The van der Waals surface area contributed by atoms with E-state index in [0.29, 0.717) is 44.0 Å². The van der Waals surface area contributed by atoms with Gasteiger partial charge in [-0.1, -0.05) is 41.0 Å². The van der Waals surface area contributed by atoms with Gasteiger partial charge in [-0.05, 0) is 31.4 Å². The first-order valence-electron chi connectivity index (χ1n) is 7.90. The number of hydrogen-bond acceptors (Lipinski definition) is 4. The van der Waals surface area contributed by atoms with E-state index in [-0.39, 0.29) is 5.91 Å². The van der Waals surface area contributed by atoms with Crippen LogP contribution in [0, 0.1) is 0 Å². The van der Waals surface area contributed by atoms with Gasteiger partial charge in [0, 0.05) is 36.2 Å². The van der Waals surface area contributed by atoms with Crippen molar-refractivity contribution in [3.8, 4) is 11.1 Å². The predicted octanol–water partition coefficient (Wildman–Crippen LogP) is 4.59. The average molecular weight is 407 g/mol. The number of thioether (sulfide) groups is 1. The number of aromatic nitrogens is 3. The number of hydrogen-bond donors (Lipinski definition) is 0. The molecule has 2 heterocycles. The molecule has 0 atom stereocenters. The number of amides is 1. The van der Waals surface area contributed by atoms with Gasteiger partial charge in [0.1, 0.15) is 11.1 Å². The molecule has 3 rings (SSSR count). The minimum atomic E-state index is -0.310. The van der Waals surface area contributed by atoms with Gasteiger partial charge in [0.05, 0.1) is 10.0 Å². The number of aryl methyl sites for hydroxylation is 1. The molecule has 8 heteroatoms. The fourth-order valence-corrected chi connectivity index (χ4v) is 3.69. The first-order chi connectivity index (χ1) is 12.5. The number of halogens is 2. The van der Waals surface area contributed by atoms with E-state index in [9.17, 15) is 4.79 Å². The monoisotopic (exact) mass is 406 g/mol. The molecule has 0 spiro atoms. The quantitative estimate of drug-likeness (QED) is 0.471. The van der Waals surface area contributed by atoms with Crippen LogP contribution in [0.15, 0.2) is 40.6 Å². The molecule has 134 valence electrons. The van der Waals surface area contributed by atoms with E-state index >= 15 is 0 Å². The Morgan fingerprint density at radius 1 is 1.31 bits per heavy atom. The Morgan fingerprint density at radius 3 is 2.58 bits per heavy atom. The first kappa shape index (κ1) is 18.9. The summed E-state index contributed by atoms with van der Waals surface area (Å²) in [5, 5.41) is 2.44. The van der Waals surface area contributed by atoms with E-state index in [1.54, 1.807) is 24.4 Å². The summed E-state index contributed by atoms with van der Waals surface area (Å²) in [7, 11) is 0. The zero-order valence-corrected chi connectivity index (χ0v) is 16.8. The topological polar surface area (TPSA) is 60.1 Å². The molecule has 3 aromatic rings. The fraction of sp³-hybridized carbons (Fsp3) is 0.222. The van der Waals surface area contributed by atoms with E-state index < -0.39 is 0 Å². The Hall–Kier alpha value is -1.89. The summed E-state index contributed by atoms with van der Waals surface area (Å²) in [6.07, 6.45) is 3.67. The van der Waals surface area contributed by atoms with Crippen LogP contribution in [0.2, 0.25) is 10.0 Å². The van der Waals surface area contributed by atoms with Crippen molar-refractivity contribution in [2.75, 3.05) is 6.26 Å². The van der Waals surface area contributed by atoms with Crippen LogP contribution in [0.4, 0.5) is 0 Å². The maximum atomic E-state index is 11.8. The SMILES string of the molecule is CCn1c(=NC(C)=O)c(-c2c(Cl)cccc2Cl)cc2cnc(SC)nc21. The van der Waals surface area contributed by atoms with Gasteiger partial charge < -0.3 is 4.57 Å². The highest BCUT2D eigenvalue weighted by molar-refractivity contribution is 7.98. The van der Waals surface area contributed by atoms with Crippen molar-refractivity contribution in [3.63, 3.8) is 0 Å². The minimum Gasteiger partial charge on any atom is -0.310 e. The smallest absolute Gasteiger partial charge is 0.244 e. The van der Waals surface area contributed by atoms with Crippen molar-refractivity contribution in [2.24, 2.45) is 4.99 Å². The second kappa shape index (κ2) is 7.78. The molecule has 1 aromatic carbocycles. The summed E-state index contributed by atoms with van der Waals surface area (Å²) < 4.78 is 1.88. The second-order valence-electron chi connectivity index (χ2n) is 5.49. The lowest BCUT2D eigenvalue weighted by Crippen LogP contribution is -2.25. The lowest BCUT2D eigenvalue weighted by molar-refractivity contribution is -0.116. The summed E-state index contributed by atoms with van der Waals surface area (Å²) in [5.74, 6) is -0.310. The summed E-state index contributed by atoms with van der Waals surface area (Å²) in [6, 6.07) is 7.17. The van der Waals surface area contributed by atoms with Crippen molar-refractivity contribution < 1.29 is 4.79 Å². The number of benzene rings is 1. The average Bonchev–Trinajstić information content (AvgIpc) is 2.61. The third-order valence-electron chi connectivity index (χ3n) is 3.82.